The van der Waals surface area contributed by atoms with Gasteiger partial charge in [-0.2, -0.15) is 5.10 Å². The van der Waals surface area contributed by atoms with Crippen molar-refractivity contribution in [3.8, 4) is 5.88 Å². The highest BCUT2D eigenvalue weighted by atomic mass is 35.5. The van der Waals surface area contributed by atoms with Crippen molar-refractivity contribution in [3.05, 3.63) is 46.1 Å². The van der Waals surface area contributed by atoms with E-state index in [1.54, 1.807) is 42.9 Å². The van der Waals surface area contributed by atoms with Gasteiger partial charge in [0.05, 0.1) is 17.8 Å². The Kier molecular flexibility index (Phi) is 3.39. The van der Waals surface area contributed by atoms with Crippen LogP contribution in [-0.4, -0.2) is 22.7 Å². The van der Waals surface area contributed by atoms with Gasteiger partial charge >= 0.3 is 0 Å². The topological polar surface area (TPSA) is 44.1 Å². The highest BCUT2D eigenvalue weighted by Crippen LogP contribution is 2.27. The monoisotopic (exact) mass is 264 g/mol. The fourth-order valence-electron chi connectivity index (χ4n) is 1.91. The third-order valence-corrected chi connectivity index (χ3v) is 3.04. The molecule has 4 nitrogen and oxygen atoms in total. The SMILES string of the molecule is COc1c(C(=O)c2ccccc2Cl)c(C)nn1C. The van der Waals surface area contributed by atoms with Crippen LogP contribution in [-0.2, 0) is 7.05 Å². The summed E-state index contributed by atoms with van der Waals surface area (Å²) in [4.78, 5) is 12.5. The highest BCUT2D eigenvalue weighted by molar-refractivity contribution is 6.35. The molecule has 0 atom stereocenters. The number of carbonyl (C=O) groups is 1. The average Bonchev–Trinajstić information content (AvgIpc) is 2.63. The van der Waals surface area contributed by atoms with Crippen molar-refractivity contribution in [1.29, 1.82) is 0 Å². The second-order valence-corrected chi connectivity index (χ2v) is 4.31. The molecule has 5 heteroatoms. The number of nitrogens with zero attached hydrogens (tertiary/aromatic N) is 2. The smallest absolute Gasteiger partial charge is 0.223 e. The van der Waals surface area contributed by atoms with Gasteiger partial charge in [-0.15, -0.1) is 0 Å². The summed E-state index contributed by atoms with van der Waals surface area (Å²) in [5.74, 6) is 0.264. The van der Waals surface area contributed by atoms with Gasteiger partial charge in [0.2, 0.25) is 11.7 Å². The van der Waals surface area contributed by atoms with E-state index in [1.165, 1.54) is 7.11 Å². The fraction of sp³-hybridized carbons (Fsp3) is 0.231. The zero-order valence-corrected chi connectivity index (χ0v) is 11.2. The molecule has 0 spiro atoms. The Morgan fingerprint density at radius 3 is 2.67 bits per heavy atom. The van der Waals surface area contributed by atoms with Crippen molar-refractivity contribution in [3.63, 3.8) is 0 Å². The van der Waals surface area contributed by atoms with Gasteiger partial charge in [-0.25, -0.2) is 4.68 Å². The Hall–Kier alpha value is -1.81. The van der Waals surface area contributed by atoms with Crippen LogP contribution in [0.2, 0.25) is 5.02 Å². The zero-order chi connectivity index (χ0) is 13.3. The van der Waals surface area contributed by atoms with Crippen LogP contribution < -0.4 is 4.74 Å². The van der Waals surface area contributed by atoms with E-state index in [0.29, 0.717) is 27.7 Å². The summed E-state index contributed by atoms with van der Waals surface area (Å²) in [5, 5.41) is 4.61. The first-order chi connectivity index (χ1) is 8.56. The molecule has 2 rings (SSSR count). The Labute approximate surface area is 110 Å². The Morgan fingerprint density at radius 1 is 1.39 bits per heavy atom. The summed E-state index contributed by atoms with van der Waals surface area (Å²) >= 11 is 6.03. The second-order valence-electron chi connectivity index (χ2n) is 3.90. The number of hydrogen-bond donors (Lipinski definition) is 0. The van der Waals surface area contributed by atoms with Gasteiger partial charge in [0.25, 0.3) is 0 Å². The summed E-state index contributed by atoms with van der Waals surface area (Å²) in [7, 11) is 3.25. The van der Waals surface area contributed by atoms with Crippen LogP contribution in [0.15, 0.2) is 24.3 Å². The number of ketones is 1. The first-order valence-corrected chi connectivity index (χ1v) is 5.81. The lowest BCUT2D eigenvalue weighted by Gasteiger charge is -2.05. The van der Waals surface area contributed by atoms with E-state index in [1.807, 2.05) is 0 Å². The number of carbonyl (C=O) groups excluding carboxylic acids is 1. The first-order valence-electron chi connectivity index (χ1n) is 5.43. The molecule has 0 saturated heterocycles. The lowest BCUT2D eigenvalue weighted by Crippen LogP contribution is -2.05. The minimum atomic E-state index is -0.178. The molecule has 1 aromatic heterocycles. The van der Waals surface area contributed by atoms with Gasteiger partial charge in [0, 0.05) is 12.6 Å². The van der Waals surface area contributed by atoms with E-state index in [9.17, 15) is 4.79 Å². The summed E-state index contributed by atoms with van der Waals surface area (Å²) in [5.41, 5.74) is 1.53. The van der Waals surface area contributed by atoms with Crippen molar-refractivity contribution in [1.82, 2.24) is 9.78 Å². The van der Waals surface area contributed by atoms with Crippen molar-refractivity contribution in [2.24, 2.45) is 7.05 Å². The summed E-state index contributed by atoms with van der Waals surface area (Å²) < 4.78 is 6.76. The summed E-state index contributed by atoms with van der Waals surface area (Å²) in [6, 6.07) is 6.94. The summed E-state index contributed by atoms with van der Waals surface area (Å²) in [6.07, 6.45) is 0. The number of aryl methyl sites for hydroxylation is 2. The first kappa shape index (κ1) is 12.6. The third-order valence-electron chi connectivity index (χ3n) is 2.71. The third kappa shape index (κ3) is 1.99. The number of aromatic nitrogens is 2. The van der Waals surface area contributed by atoms with Gasteiger partial charge in [-0.1, -0.05) is 23.7 Å². The van der Waals surface area contributed by atoms with Crippen molar-refractivity contribution in [2.75, 3.05) is 7.11 Å². The Bertz CT molecular complexity index is 605. The molecule has 1 aromatic carbocycles. The average molecular weight is 265 g/mol. The van der Waals surface area contributed by atoms with Gasteiger partial charge < -0.3 is 4.74 Å². The van der Waals surface area contributed by atoms with Crippen LogP contribution in [0, 0.1) is 6.92 Å². The molecule has 0 radical (unpaired) electrons. The zero-order valence-electron chi connectivity index (χ0n) is 10.4. The number of rotatable bonds is 3. The molecule has 1 heterocycles. The molecule has 0 aliphatic carbocycles. The van der Waals surface area contributed by atoms with E-state index >= 15 is 0 Å². The molecule has 0 amide bonds. The van der Waals surface area contributed by atoms with Crippen molar-refractivity contribution >= 4 is 17.4 Å². The maximum Gasteiger partial charge on any atom is 0.223 e. The van der Waals surface area contributed by atoms with E-state index in [0.717, 1.165) is 0 Å². The summed E-state index contributed by atoms with van der Waals surface area (Å²) in [6.45, 7) is 1.77. The van der Waals surface area contributed by atoms with Crippen molar-refractivity contribution < 1.29 is 9.53 Å². The molecule has 0 unspecified atom stereocenters. The predicted octanol–water partition coefficient (Wildman–Crippen LogP) is 2.62. The van der Waals surface area contributed by atoms with Crippen LogP contribution in [0.1, 0.15) is 21.6 Å². The molecule has 18 heavy (non-hydrogen) atoms. The van der Waals surface area contributed by atoms with Gasteiger partial charge in [-0.05, 0) is 19.1 Å². The van der Waals surface area contributed by atoms with Gasteiger partial charge in [0.15, 0.2) is 0 Å². The van der Waals surface area contributed by atoms with E-state index in [-0.39, 0.29) is 5.78 Å². The number of halogens is 1. The number of ether oxygens (including phenoxy) is 1. The molecule has 0 N–H and O–H groups in total. The molecular weight excluding hydrogens is 252 g/mol. The lowest BCUT2D eigenvalue weighted by molar-refractivity contribution is 0.103. The maximum absolute atomic E-state index is 12.5. The normalized spacial score (nSPS) is 10.4. The molecule has 0 saturated carbocycles. The second kappa shape index (κ2) is 4.82. The molecule has 0 bridgehead atoms. The van der Waals surface area contributed by atoms with Crippen LogP contribution in [0.3, 0.4) is 0 Å². The van der Waals surface area contributed by atoms with E-state index in [2.05, 4.69) is 5.10 Å². The Balaban J connectivity index is 2.57. The van der Waals surface area contributed by atoms with E-state index in [4.69, 9.17) is 16.3 Å². The van der Waals surface area contributed by atoms with Gasteiger partial charge in [-0.3, -0.25) is 4.79 Å². The molecular formula is C13H13ClN2O2. The van der Waals surface area contributed by atoms with Crippen LogP contribution in [0.5, 0.6) is 5.88 Å². The predicted molar refractivity (Wildman–Crippen MR) is 69.4 cm³/mol. The molecule has 0 fully saturated rings. The van der Waals surface area contributed by atoms with E-state index < -0.39 is 0 Å². The fourth-order valence-corrected chi connectivity index (χ4v) is 2.13. The molecule has 0 aliphatic rings. The number of hydrogen-bond acceptors (Lipinski definition) is 3. The molecule has 94 valence electrons. The quantitative estimate of drug-likeness (QED) is 0.801. The van der Waals surface area contributed by atoms with Crippen molar-refractivity contribution in [2.45, 2.75) is 6.92 Å². The molecule has 2 aromatic rings. The minimum absolute atomic E-state index is 0.178. The standard InChI is InChI=1S/C13H13ClN2O2/c1-8-11(13(18-3)16(2)15-8)12(17)9-6-4-5-7-10(9)14/h4-7H,1-3H3. The number of benzene rings is 1. The molecule has 0 aliphatic heterocycles. The van der Waals surface area contributed by atoms with Crippen LogP contribution in [0.4, 0.5) is 0 Å². The Morgan fingerprint density at radius 2 is 2.06 bits per heavy atom. The van der Waals surface area contributed by atoms with Crippen LogP contribution in [0.25, 0.3) is 0 Å². The lowest BCUT2D eigenvalue weighted by atomic mass is 10.0. The largest absolute Gasteiger partial charge is 0.481 e. The highest BCUT2D eigenvalue weighted by Gasteiger charge is 2.23. The maximum atomic E-state index is 12.5. The number of methoxy groups -OCH3 is 1. The minimum Gasteiger partial charge on any atom is -0.481 e. The van der Waals surface area contributed by atoms with Crippen LogP contribution >= 0.6 is 11.6 Å². The van der Waals surface area contributed by atoms with Gasteiger partial charge in [0.1, 0.15) is 5.56 Å².